The molecule has 0 saturated carbocycles. The van der Waals surface area contributed by atoms with Crippen molar-refractivity contribution in [3.8, 4) is 23.0 Å². The van der Waals surface area contributed by atoms with Crippen LogP contribution < -0.4 is 0 Å². The van der Waals surface area contributed by atoms with Crippen LogP contribution in [0, 0.1) is 10.1 Å². The second-order valence-corrected chi connectivity index (χ2v) is 7.52. The van der Waals surface area contributed by atoms with Crippen molar-refractivity contribution in [2.45, 2.75) is 12.1 Å². The molecule has 0 amide bonds. The lowest BCUT2D eigenvalue weighted by molar-refractivity contribution is -0.384. The van der Waals surface area contributed by atoms with Gasteiger partial charge in [0.05, 0.1) is 21.9 Å². The van der Waals surface area contributed by atoms with Gasteiger partial charge < -0.3 is 4.42 Å². The van der Waals surface area contributed by atoms with E-state index in [4.69, 9.17) is 16.0 Å². The van der Waals surface area contributed by atoms with Gasteiger partial charge in [0.25, 0.3) is 17.5 Å². The number of hydrogen-bond acceptors (Lipinski definition) is 9. The third-order valence-electron chi connectivity index (χ3n) is 3.34. The third-order valence-corrected chi connectivity index (χ3v) is 5.13. The van der Waals surface area contributed by atoms with Gasteiger partial charge >= 0.3 is 0 Å². The van der Waals surface area contributed by atoms with Crippen molar-refractivity contribution in [1.82, 2.24) is 20.2 Å². The third kappa shape index (κ3) is 3.26. The topological polar surface area (TPSA) is 142 Å². The van der Waals surface area contributed by atoms with Crippen molar-refractivity contribution in [3.63, 3.8) is 0 Å². The van der Waals surface area contributed by atoms with Gasteiger partial charge in [-0.25, -0.2) is 18.4 Å². The Morgan fingerprint density at radius 1 is 1.23 bits per heavy atom. The van der Waals surface area contributed by atoms with Crippen LogP contribution in [0.1, 0.15) is 6.92 Å². The first-order valence-corrected chi connectivity index (χ1v) is 9.19. The van der Waals surface area contributed by atoms with E-state index in [2.05, 4.69) is 20.2 Å². The van der Waals surface area contributed by atoms with E-state index in [0.29, 0.717) is 0 Å². The SMILES string of the molecule is CCS(=O)(=O)c1ncc(Cl)c(-c2nnc(-c3ccccc3[N+](=O)[O-])o2)n1. The van der Waals surface area contributed by atoms with E-state index >= 15 is 0 Å². The first kappa shape index (κ1) is 17.9. The van der Waals surface area contributed by atoms with Gasteiger partial charge in [0, 0.05) is 6.07 Å². The molecule has 0 unspecified atom stereocenters. The fourth-order valence-electron chi connectivity index (χ4n) is 2.02. The molecule has 10 nitrogen and oxygen atoms in total. The molecule has 12 heteroatoms. The molecule has 0 atom stereocenters. The van der Waals surface area contributed by atoms with Crippen molar-refractivity contribution in [2.75, 3.05) is 5.75 Å². The van der Waals surface area contributed by atoms with Crippen LogP contribution in [0.15, 0.2) is 40.0 Å². The number of sulfone groups is 1. The van der Waals surface area contributed by atoms with E-state index in [1.165, 1.54) is 25.1 Å². The summed E-state index contributed by atoms with van der Waals surface area (Å²) in [4.78, 5) is 18.1. The molecular formula is C14H10ClN5O5S. The van der Waals surface area contributed by atoms with Crippen LogP contribution in [0.5, 0.6) is 0 Å². The summed E-state index contributed by atoms with van der Waals surface area (Å²) >= 11 is 6.01. The highest BCUT2D eigenvalue weighted by molar-refractivity contribution is 7.91. The minimum atomic E-state index is -3.67. The number of nitro benzene ring substituents is 1. The molecule has 0 aliphatic carbocycles. The van der Waals surface area contributed by atoms with Gasteiger partial charge in [0.2, 0.25) is 15.0 Å². The molecule has 2 heterocycles. The van der Waals surface area contributed by atoms with Crippen molar-refractivity contribution in [3.05, 3.63) is 45.6 Å². The lowest BCUT2D eigenvalue weighted by Gasteiger charge is -2.02. The van der Waals surface area contributed by atoms with E-state index < -0.39 is 19.9 Å². The number of nitro groups is 1. The predicted molar refractivity (Wildman–Crippen MR) is 90.2 cm³/mol. The molecule has 3 aromatic rings. The zero-order valence-electron chi connectivity index (χ0n) is 13.2. The van der Waals surface area contributed by atoms with Crippen molar-refractivity contribution < 1.29 is 17.8 Å². The molecule has 0 saturated heterocycles. The van der Waals surface area contributed by atoms with Gasteiger partial charge in [-0.15, -0.1) is 10.2 Å². The van der Waals surface area contributed by atoms with E-state index in [1.807, 2.05) is 0 Å². The Balaban J connectivity index is 2.10. The van der Waals surface area contributed by atoms with Crippen molar-refractivity contribution in [2.24, 2.45) is 0 Å². The number of aromatic nitrogens is 4. The maximum Gasteiger partial charge on any atom is 0.282 e. The minimum Gasteiger partial charge on any atom is -0.414 e. The molecule has 134 valence electrons. The average Bonchev–Trinajstić information content (AvgIpc) is 3.11. The summed E-state index contributed by atoms with van der Waals surface area (Å²) in [6.45, 7) is 1.45. The zero-order chi connectivity index (χ0) is 18.9. The first-order chi connectivity index (χ1) is 12.3. The Labute approximate surface area is 151 Å². The number of nitrogens with zero attached hydrogens (tertiary/aromatic N) is 5. The molecule has 0 bridgehead atoms. The first-order valence-electron chi connectivity index (χ1n) is 7.16. The Hall–Kier alpha value is -2.92. The van der Waals surface area contributed by atoms with Gasteiger partial charge in [-0.1, -0.05) is 30.7 Å². The van der Waals surface area contributed by atoms with E-state index in [1.54, 1.807) is 6.07 Å². The second kappa shape index (κ2) is 6.77. The summed E-state index contributed by atoms with van der Waals surface area (Å²) in [5, 5.41) is 18.2. The summed E-state index contributed by atoms with van der Waals surface area (Å²) in [5.74, 6) is -0.501. The number of benzene rings is 1. The molecular weight excluding hydrogens is 386 g/mol. The highest BCUT2D eigenvalue weighted by Gasteiger charge is 2.24. The predicted octanol–water partition coefficient (Wildman–Crippen LogP) is 2.55. The van der Waals surface area contributed by atoms with Crippen LogP contribution in [0.3, 0.4) is 0 Å². The smallest absolute Gasteiger partial charge is 0.282 e. The molecule has 0 N–H and O–H groups in total. The molecule has 0 aliphatic heterocycles. The Morgan fingerprint density at radius 3 is 2.62 bits per heavy atom. The van der Waals surface area contributed by atoms with Gasteiger partial charge in [-0.2, -0.15) is 0 Å². The molecule has 0 radical (unpaired) electrons. The van der Waals surface area contributed by atoms with Gasteiger partial charge in [-0.05, 0) is 6.07 Å². The number of rotatable bonds is 5. The summed E-state index contributed by atoms with van der Waals surface area (Å²) in [6, 6.07) is 5.82. The van der Waals surface area contributed by atoms with Crippen LogP contribution >= 0.6 is 11.6 Å². The minimum absolute atomic E-state index is 0.00202. The molecule has 0 fully saturated rings. The zero-order valence-corrected chi connectivity index (χ0v) is 14.7. The van der Waals surface area contributed by atoms with Crippen LogP contribution in [-0.2, 0) is 9.84 Å². The van der Waals surface area contributed by atoms with Crippen LogP contribution in [0.4, 0.5) is 5.69 Å². The summed E-state index contributed by atoms with van der Waals surface area (Å²) < 4.78 is 29.3. The number of halogens is 1. The van der Waals surface area contributed by atoms with Crippen LogP contribution in [0.25, 0.3) is 23.0 Å². The molecule has 26 heavy (non-hydrogen) atoms. The lowest BCUT2D eigenvalue weighted by Crippen LogP contribution is -2.09. The Kier molecular flexibility index (Phi) is 4.66. The van der Waals surface area contributed by atoms with Crippen LogP contribution in [0.2, 0.25) is 5.02 Å². The highest BCUT2D eigenvalue weighted by atomic mass is 35.5. The van der Waals surface area contributed by atoms with Gasteiger partial charge in [0.15, 0.2) is 5.69 Å². The fraction of sp³-hybridized carbons (Fsp3) is 0.143. The van der Waals surface area contributed by atoms with E-state index in [9.17, 15) is 18.5 Å². The molecule has 2 aromatic heterocycles. The quantitative estimate of drug-likeness (QED) is 0.361. The van der Waals surface area contributed by atoms with Gasteiger partial charge in [0.1, 0.15) is 5.56 Å². The average molecular weight is 396 g/mol. The van der Waals surface area contributed by atoms with E-state index in [0.717, 1.165) is 6.20 Å². The van der Waals surface area contributed by atoms with Crippen LogP contribution in [-0.4, -0.2) is 39.3 Å². The van der Waals surface area contributed by atoms with Gasteiger partial charge in [-0.3, -0.25) is 10.1 Å². The molecule has 0 spiro atoms. The van der Waals surface area contributed by atoms with Crippen molar-refractivity contribution >= 4 is 27.1 Å². The fourth-order valence-corrected chi connectivity index (χ4v) is 2.90. The normalized spacial score (nSPS) is 11.5. The van der Waals surface area contributed by atoms with E-state index in [-0.39, 0.29) is 39.5 Å². The second-order valence-electron chi connectivity index (χ2n) is 4.94. The summed E-state index contributed by atoms with van der Waals surface area (Å²) in [5.41, 5.74) is -0.181. The summed E-state index contributed by atoms with van der Waals surface area (Å²) in [6.07, 6.45) is 1.11. The summed E-state index contributed by atoms with van der Waals surface area (Å²) in [7, 11) is -3.67. The number of hydrogen-bond donors (Lipinski definition) is 0. The molecule has 0 aliphatic rings. The largest absolute Gasteiger partial charge is 0.414 e. The molecule has 1 aromatic carbocycles. The Morgan fingerprint density at radius 2 is 1.92 bits per heavy atom. The maximum atomic E-state index is 11.9. The molecule has 3 rings (SSSR count). The Bertz CT molecular complexity index is 1100. The number of para-hydroxylation sites is 1. The highest BCUT2D eigenvalue weighted by Crippen LogP contribution is 2.32. The van der Waals surface area contributed by atoms with Crippen molar-refractivity contribution in [1.29, 1.82) is 0 Å². The standard InChI is InChI=1S/C14H10ClN5O5S/c1-2-26(23,24)14-16-7-9(15)11(17-14)13-19-18-12(25-13)8-5-3-4-6-10(8)20(21)22/h3-7H,2H2,1H3. The monoisotopic (exact) mass is 395 g/mol. The maximum absolute atomic E-state index is 11.9. The lowest BCUT2D eigenvalue weighted by atomic mass is 10.2.